The van der Waals surface area contributed by atoms with Gasteiger partial charge in [-0.25, -0.2) is 4.98 Å². The number of hydrogen-bond donors (Lipinski definition) is 1. The van der Waals surface area contributed by atoms with E-state index in [0.717, 1.165) is 37.1 Å². The number of nitrogens with zero attached hydrogens (tertiary/aromatic N) is 2. The van der Waals surface area contributed by atoms with Crippen molar-refractivity contribution in [3.8, 4) is 5.88 Å². The van der Waals surface area contributed by atoms with E-state index < -0.39 is 6.10 Å². The first-order chi connectivity index (χ1) is 8.13. The van der Waals surface area contributed by atoms with Crippen molar-refractivity contribution in [3.05, 3.63) is 17.3 Å². The van der Waals surface area contributed by atoms with Gasteiger partial charge >= 0.3 is 0 Å². The predicted molar refractivity (Wildman–Crippen MR) is 67.6 cm³/mol. The van der Waals surface area contributed by atoms with Crippen molar-refractivity contribution in [2.45, 2.75) is 31.8 Å². The van der Waals surface area contributed by atoms with Crippen molar-refractivity contribution >= 4 is 5.69 Å². The highest BCUT2D eigenvalue weighted by atomic mass is 16.5. The molecule has 1 unspecified atom stereocenters. The molecule has 1 aliphatic rings. The lowest BCUT2D eigenvalue weighted by Gasteiger charge is -2.21. The van der Waals surface area contributed by atoms with Crippen LogP contribution in [0.5, 0.6) is 5.88 Å². The molecule has 0 amide bonds. The number of ether oxygens (including phenoxy) is 1. The molecule has 1 aromatic rings. The van der Waals surface area contributed by atoms with Gasteiger partial charge in [-0.15, -0.1) is 0 Å². The van der Waals surface area contributed by atoms with Crippen LogP contribution in [0.3, 0.4) is 0 Å². The zero-order chi connectivity index (χ0) is 12.4. The maximum atomic E-state index is 10.1. The molecular weight excluding hydrogens is 216 g/mol. The molecule has 1 heterocycles. The van der Waals surface area contributed by atoms with E-state index >= 15 is 0 Å². The van der Waals surface area contributed by atoms with Crippen molar-refractivity contribution in [2.24, 2.45) is 0 Å². The minimum atomic E-state index is -0.457. The summed E-state index contributed by atoms with van der Waals surface area (Å²) in [7, 11) is 5.62. The Morgan fingerprint density at radius 3 is 2.82 bits per heavy atom. The molecule has 0 aromatic carbocycles. The van der Waals surface area contributed by atoms with Crippen LogP contribution < -0.4 is 9.64 Å². The first-order valence-corrected chi connectivity index (χ1v) is 6.06. The van der Waals surface area contributed by atoms with E-state index in [2.05, 4.69) is 9.88 Å². The van der Waals surface area contributed by atoms with Gasteiger partial charge in [-0.2, -0.15) is 0 Å². The first kappa shape index (κ1) is 12.2. The molecule has 4 heteroatoms. The molecule has 0 fully saturated rings. The van der Waals surface area contributed by atoms with Crippen molar-refractivity contribution in [2.75, 3.05) is 26.1 Å². The average molecular weight is 236 g/mol. The van der Waals surface area contributed by atoms with E-state index in [1.807, 2.05) is 20.2 Å². The number of aromatic nitrogens is 1. The Labute approximate surface area is 102 Å². The highest BCUT2D eigenvalue weighted by molar-refractivity contribution is 5.57. The summed E-state index contributed by atoms with van der Waals surface area (Å²) < 4.78 is 5.21. The number of anilines is 1. The Morgan fingerprint density at radius 1 is 1.41 bits per heavy atom. The molecule has 0 saturated heterocycles. The fraction of sp³-hybridized carbons (Fsp3) is 0.615. The van der Waals surface area contributed by atoms with Gasteiger partial charge in [-0.3, -0.25) is 0 Å². The van der Waals surface area contributed by atoms with Crippen molar-refractivity contribution < 1.29 is 9.84 Å². The molecule has 1 aromatic heterocycles. The number of aliphatic hydroxyl groups excluding tert-OH is 1. The van der Waals surface area contributed by atoms with Gasteiger partial charge in [0.15, 0.2) is 0 Å². The molecule has 0 radical (unpaired) electrons. The standard InChI is InChI=1S/C13H20N2O2/c1-15(2)10-8-12(17-3)14-13-9(10)6-4-5-7-11(13)16/h8,11,16H,4-7H2,1-3H3. The number of pyridine rings is 1. The number of hydrogen-bond acceptors (Lipinski definition) is 4. The summed E-state index contributed by atoms with van der Waals surface area (Å²) in [6.45, 7) is 0. The normalized spacial score (nSPS) is 19.4. The molecule has 17 heavy (non-hydrogen) atoms. The van der Waals surface area contributed by atoms with Crippen LogP contribution in [0.2, 0.25) is 0 Å². The third-order valence-electron chi connectivity index (χ3n) is 3.27. The van der Waals surface area contributed by atoms with Gasteiger partial charge in [0.05, 0.1) is 18.9 Å². The minimum Gasteiger partial charge on any atom is -0.481 e. The monoisotopic (exact) mass is 236 g/mol. The third-order valence-corrected chi connectivity index (χ3v) is 3.27. The maximum absolute atomic E-state index is 10.1. The van der Waals surface area contributed by atoms with Crippen molar-refractivity contribution in [1.29, 1.82) is 0 Å². The lowest BCUT2D eigenvalue weighted by molar-refractivity contribution is 0.161. The van der Waals surface area contributed by atoms with E-state index in [-0.39, 0.29) is 0 Å². The molecule has 0 spiro atoms. The second-order valence-corrected chi connectivity index (χ2v) is 4.70. The summed E-state index contributed by atoms with van der Waals surface area (Å²) in [6.07, 6.45) is 3.48. The predicted octanol–water partition coefficient (Wildman–Crippen LogP) is 1.92. The van der Waals surface area contributed by atoms with Gasteiger partial charge < -0.3 is 14.7 Å². The minimum absolute atomic E-state index is 0.457. The zero-order valence-corrected chi connectivity index (χ0v) is 10.7. The zero-order valence-electron chi connectivity index (χ0n) is 10.7. The molecule has 0 aliphatic heterocycles. The average Bonchev–Trinajstić information content (AvgIpc) is 2.50. The molecule has 1 N–H and O–H groups in total. The molecular formula is C13H20N2O2. The molecule has 0 saturated carbocycles. The van der Waals surface area contributed by atoms with E-state index in [9.17, 15) is 5.11 Å². The van der Waals surface area contributed by atoms with E-state index in [0.29, 0.717) is 5.88 Å². The Balaban J connectivity index is 2.56. The summed E-state index contributed by atoms with van der Waals surface area (Å²) >= 11 is 0. The first-order valence-electron chi connectivity index (χ1n) is 6.06. The number of methoxy groups -OCH3 is 1. The quantitative estimate of drug-likeness (QED) is 0.797. The number of aliphatic hydroxyl groups is 1. The smallest absolute Gasteiger partial charge is 0.215 e. The molecule has 1 atom stereocenters. The SMILES string of the molecule is COc1cc(N(C)C)c2c(n1)C(O)CCCC2. The Hall–Kier alpha value is -1.29. The van der Waals surface area contributed by atoms with Crippen LogP contribution in [0, 0.1) is 0 Å². The lowest BCUT2D eigenvalue weighted by Crippen LogP contribution is -2.15. The summed E-state index contributed by atoms with van der Waals surface area (Å²) in [6, 6.07) is 1.94. The van der Waals surface area contributed by atoms with Gasteiger partial charge in [0.25, 0.3) is 0 Å². The summed E-state index contributed by atoms with van der Waals surface area (Å²) in [5, 5.41) is 10.1. The number of fused-ring (bicyclic) bond motifs is 1. The lowest BCUT2D eigenvalue weighted by atomic mass is 10.0. The topological polar surface area (TPSA) is 45.6 Å². The van der Waals surface area contributed by atoms with E-state index in [4.69, 9.17) is 4.74 Å². The van der Waals surface area contributed by atoms with Crippen LogP contribution in [-0.4, -0.2) is 31.3 Å². The maximum Gasteiger partial charge on any atom is 0.215 e. The van der Waals surface area contributed by atoms with Crippen molar-refractivity contribution in [1.82, 2.24) is 4.98 Å². The van der Waals surface area contributed by atoms with Gasteiger partial charge in [0.2, 0.25) is 5.88 Å². The summed E-state index contributed by atoms with van der Waals surface area (Å²) in [5.41, 5.74) is 3.07. The van der Waals surface area contributed by atoms with Crippen LogP contribution in [0.25, 0.3) is 0 Å². The van der Waals surface area contributed by atoms with E-state index in [1.165, 1.54) is 5.56 Å². The van der Waals surface area contributed by atoms with Gasteiger partial charge in [-0.05, 0) is 24.8 Å². The number of rotatable bonds is 2. The van der Waals surface area contributed by atoms with Crippen LogP contribution in [-0.2, 0) is 6.42 Å². The molecule has 94 valence electrons. The second-order valence-electron chi connectivity index (χ2n) is 4.70. The van der Waals surface area contributed by atoms with E-state index in [1.54, 1.807) is 7.11 Å². The second kappa shape index (κ2) is 4.92. The highest BCUT2D eigenvalue weighted by Gasteiger charge is 2.22. The van der Waals surface area contributed by atoms with Crippen LogP contribution in [0.4, 0.5) is 5.69 Å². The third kappa shape index (κ3) is 2.36. The Kier molecular flexibility index (Phi) is 3.52. The Morgan fingerprint density at radius 2 is 2.18 bits per heavy atom. The molecule has 2 rings (SSSR count). The highest BCUT2D eigenvalue weighted by Crippen LogP contribution is 2.35. The van der Waals surface area contributed by atoms with Gasteiger partial charge in [0, 0.05) is 25.8 Å². The molecule has 0 bridgehead atoms. The van der Waals surface area contributed by atoms with Crippen molar-refractivity contribution in [3.63, 3.8) is 0 Å². The van der Waals surface area contributed by atoms with Crippen LogP contribution >= 0.6 is 0 Å². The Bertz CT molecular complexity index is 405. The molecule has 1 aliphatic carbocycles. The van der Waals surface area contributed by atoms with Crippen LogP contribution in [0.1, 0.15) is 36.6 Å². The van der Waals surface area contributed by atoms with Crippen LogP contribution in [0.15, 0.2) is 6.07 Å². The van der Waals surface area contributed by atoms with Gasteiger partial charge in [0.1, 0.15) is 0 Å². The molecule has 4 nitrogen and oxygen atoms in total. The fourth-order valence-electron chi connectivity index (χ4n) is 2.37. The summed E-state index contributed by atoms with van der Waals surface area (Å²) in [5.74, 6) is 0.577. The summed E-state index contributed by atoms with van der Waals surface area (Å²) in [4.78, 5) is 6.47. The fourth-order valence-corrected chi connectivity index (χ4v) is 2.37. The van der Waals surface area contributed by atoms with Gasteiger partial charge in [-0.1, -0.05) is 6.42 Å². The largest absolute Gasteiger partial charge is 0.481 e.